The number of ether oxygens (including phenoxy) is 1. The predicted octanol–water partition coefficient (Wildman–Crippen LogP) is 4.84. The first-order valence-electron chi connectivity index (χ1n) is 8.59. The number of hydrogen-bond donors (Lipinski definition) is 1. The van der Waals surface area contributed by atoms with Crippen LogP contribution in [0.25, 0.3) is 0 Å². The fraction of sp³-hybridized carbons (Fsp3) is 0.350. The third kappa shape index (κ3) is 4.62. The summed E-state index contributed by atoms with van der Waals surface area (Å²) in [4.78, 5) is 12.5. The van der Waals surface area contributed by atoms with Crippen molar-refractivity contribution < 1.29 is 22.7 Å². The maximum absolute atomic E-state index is 12.9. The first kappa shape index (κ1) is 19.7. The lowest BCUT2D eigenvalue weighted by molar-refractivity contribution is -0.137. The molecule has 0 aliphatic carbocycles. The molecule has 0 aromatic heterocycles. The van der Waals surface area contributed by atoms with Gasteiger partial charge in [-0.2, -0.15) is 13.2 Å². The maximum Gasteiger partial charge on any atom is 0.416 e. The summed E-state index contributed by atoms with van der Waals surface area (Å²) in [5, 5.41) is 3.40. The Labute approximate surface area is 160 Å². The number of rotatable bonds is 4. The second-order valence-electron chi connectivity index (χ2n) is 6.66. The molecule has 1 aliphatic rings. The molecule has 1 heterocycles. The van der Waals surface area contributed by atoms with E-state index in [1.165, 1.54) is 12.1 Å². The summed E-state index contributed by atoms with van der Waals surface area (Å²) in [5.41, 5.74) is -0.230. The van der Waals surface area contributed by atoms with Gasteiger partial charge >= 0.3 is 6.18 Å². The molecular formula is C20H19ClF3NO2. The third-order valence-corrected chi connectivity index (χ3v) is 5.16. The maximum atomic E-state index is 12.9. The molecular weight excluding hydrogens is 379 g/mol. The Hall–Kier alpha value is -2.05. The number of benzene rings is 2. The smallest absolute Gasteiger partial charge is 0.381 e. The molecule has 0 atom stereocenters. The molecule has 2 aromatic rings. The molecule has 27 heavy (non-hydrogen) atoms. The molecule has 3 nitrogen and oxygen atoms in total. The monoisotopic (exact) mass is 397 g/mol. The van der Waals surface area contributed by atoms with E-state index in [1.54, 1.807) is 6.07 Å². The van der Waals surface area contributed by atoms with Gasteiger partial charge in [-0.25, -0.2) is 0 Å². The van der Waals surface area contributed by atoms with E-state index in [9.17, 15) is 18.0 Å². The van der Waals surface area contributed by atoms with Crippen LogP contribution in [-0.4, -0.2) is 25.7 Å². The first-order chi connectivity index (χ1) is 12.8. The highest BCUT2D eigenvalue weighted by molar-refractivity contribution is 6.30. The van der Waals surface area contributed by atoms with E-state index in [0.29, 0.717) is 37.6 Å². The summed E-state index contributed by atoms with van der Waals surface area (Å²) >= 11 is 6.12. The van der Waals surface area contributed by atoms with Crippen LogP contribution >= 0.6 is 11.6 Å². The molecule has 2 aromatic carbocycles. The number of amides is 1. The molecule has 7 heteroatoms. The topological polar surface area (TPSA) is 38.3 Å². The fourth-order valence-electron chi connectivity index (χ4n) is 3.34. The van der Waals surface area contributed by atoms with Crippen LogP contribution < -0.4 is 5.32 Å². The van der Waals surface area contributed by atoms with Crippen LogP contribution in [-0.2, 0) is 16.3 Å². The van der Waals surface area contributed by atoms with Crippen LogP contribution in [0.15, 0.2) is 48.5 Å². The first-order valence-corrected chi connectivity index (χ1v) is 8.97. The van der Waals surface area contributed by atoms with E-state index in [4.69, 9.17) is 16.3 Å². The number of hydrogen-bond acceptors (Lipinski definition) is 2. The quantitative estimate of drug-likeness (QED) is 0.802. The Morgan fingerprint density at radius 2 is 1.81 bits per heavy atom. The molecule has 0 unspecified atom stereocenters. The minimum Gasteiger partial charge on any atom is -0.381 e. The van der Waals surface area contributed by atoms with Crippen molar-refractivity contribution in [1.29, 1.82) is 0 Å². The molecule has 144 valence electrons. The van der Waals surface area contributed by atoms with Crippen LogP contribution in [0.4, 0.5) is 13.2 Å². The summed E-state index contributed by atoms with van der Waals surface area (Å²) in [5.74, 6) is -0.533. The fourth-order valence-corrected chi connectivity index (χ4v) is 3.53. The lowest BCUT2D eigenvalue weighted by atomic mass is 9.74. The van der Waals surface area contributed by atoms with E-state index in [0.717, 1.165) is 17.7 Å². The molecule has 1 saturated heterocycles. The molecule has 1 aliphatic heterocycles. The van der Waals surface area contributed by atoms with E-state index >= 15 is 0 Å². The van der Waals surface area contributed by atoms with Crippen molar-refractivity contribution in [2.24, 2.45) is 0 Å². The third-order valence-electron chi connectivity index (χ3n) is 4.93. The van der Waals surface area contributed by atoms with E-state index in [2.05, 4.69) is 5.32 Å². The molecule has 3 rings (SSSR count). The lowest BCUT2D eigenvalue weighted by Crippen LogP contribution is -2.44. The lowest BCUT2D eigenvalue weighted by Gasteiger charge is -2.38. The SMILES string of the molecule is O=C(NCC1(c2cccc(Cl)c2)CCOCC1)c1cccc(C(F)(F)F)c1. The van der Waals surface area contributed by atoms with Gasteiger partial charge in [-0.3, -0.25) is 4.79 Å². The number of carbonyl (C=O) groups excluding carboxylic acids is 1. The van der Waals surface area contributed by atoms with Gasteiger partial charge in [-0.15, -0.1) is 0 Å². The molecule has 0 bridgehead atoms. The van der Waals surface area contributed by atoms with Crippen molar-refractivity contribution in [2.75, 3.05) is 19.8 Å². The van der Waals surface area contributed by atoms with E-state index < -0.39 is 17.6 Å². The van der Waals surface area contributed by atoms with Gasteiger partial charge in [0, 0.05) is 35.8 Å². The predicted molar refractivity (Wildman–Crippen MR) is 97.0 cm³/mol. The Balaban J connectivity index is 1.79. The van der Waals surface area contributed by atoms with Crippen molar-refractivity contribution in [3.05, 3.63) is 70.2 Å². The summed E-state index contributed by atoms with van der Waals surface area (Å²) in [7, 11) is 0. The van der Waals surface area contributed by atoms with Crippen molar-refractivity contribution in [1.82, 2.24) is 5.32 Å². The van der Waals surface area contributed by atoms with Crippen LogP contribution in [0.5, 0.6) is 0 Å². The van der Waals surface area contributed by atoms with Gasteiger partial charge in [-0.1, -0.05) is 29.8 Å². The van der Waals surface area contributed by atoms with Gasteiger partial charge in [0.25, 0.3) is 5.91 Å². The largest absolute Gasteiger partial charge is 0.416 e. The van der Waals surface area contributed by atoms with Gasteiger partial charge in [0.15, 0.2) is 0 Å². The highest BCUT2D eigenvalue weighted by Gasteiger charge is 2.35. The minimum atomic E-state index is -4.49. The summed E-state index contributed by atoms with van der Waals surface area (Å²) in [6.45, 7) is 1.39. The van der Waals surface area contributed by atoms with Crippen LogP contribution in [0.2, 0.25) is 5.02 Å². The zero-order chi connectivity index (χ0) is 19.5. The van der Waals surface area contributed by atoms with E-state index in [1.807, 2.05) is 18.2 Å². The van der Waals surface area contributed by atoms with Gasteiger partial charge in [-0.05, 0) is 48.7 Å². The van der Waals surface area contributed by atoms with Gasteiger partial charge < -0.3 is 10.1 Å². The minimum absolute atomic E-state index is 0.0156. The number of alkyl halides is 3. The second-order valence-corrected chi connectivity index (χ2v) is 7.10. The van der Waals surface area contributed by atoms with Crippen molar-refractivity contribution in [2.45, 2.75) is 24.4 Å². The summed E-state index contributed by atoms with van der Waals surface area (Å²) in [6.07, 6.45) is -3.11. The molecule has 0 spiro atoms. The normalized spacial score (nSPS) is 16.7. The van der Waals surface area contributed by atoms with Gasteiger partial charge in [0.2, 0.25) is 0 Å². The van der Waals surface area contributed by atoms with Crippen LogP contribution in [0.1, 0.15) is 34.3 Å². The Bertz CT molecular complexity index is 817. The van der Waals surface area contributed by atoms with Gasteiger partial charge in [0.1, 0.15) is 0 Å². The van der Waals surface area contributed by atoms with Crippen LogP contribution in [0.3, 0.4) is 0 Å². The van der Waals surface area contributed by atoms with Crippen molar-refractivity contribution >= 4 is 17.5 Å². The highest BCUT2D eigenvalue weighted by Crippen LogP contribution is 2.35. The average Bonchev–Trinajstić information content (AvgIpc) is 2.66. The van der Waals surface area contributed by atoms with E-state index in [-0.39, 0.29) is 11.0 Å². The van der Waals surface area contributed by atoms with Crippen molar-refractivity contribution in [3.63, 3.8) is 0 Å². The molecule has 1 amide bonds. The Morgan fingerprint density at radius 3 is 2.48 bits per heavy atom. The zero-order valence-corrected chi connectivity index (χ0v) is 15.2. The van der Waals surface area contributed by atoms with Gasteiger partial charge in [0.05, 0.1) is 5.56 Å². The highest BCUT2D eigenvalue weighted by atomic mass is 35.5. The molecule has 0 radical (unpaired) electrons. The molecule has 1 N–H and O–H groups in total. The number of halogens is 4. The number of nitrogens with one attached hydrogen (secondary N) is 1. The number of carbonyl (C=O) groups is 1. The molecule has 1 fully saturated rings. The summed E-state index contributed by atoms with van der Waals surface area (Å²) < 4.78 is 44.1. The standard InChI is InChI=1S/C20H19ClF3NO2/c21-17-6-2-4-15(12-17)19(7-9-27-10-8-19)13-25-18(26)14-3-1-5-16(11-14)20(22,23)24/h1-6,11-12H,7-10,13H2,(H,25,26). The Kier molecular flexibility index (Phi) is 5.77. The second kappa shape index (κ2) is 7.90. The average molecular weight is 398 g/mol. The molecule has 0 saturated carbocycles. The summed E-state index contributed by atoms with van der Waals surface area (Å²) in [6, 6.07) is 11.9. The van der Waals surface area contributed by atoms with Crippen LogP contribution in [0, 0.1) is 0 Å². The Morgan fingerprint density at radius 1 is 1.11 bits per heavy atom. The van der Waals surface area contributed by atoms with Crippen molar-refractivity contribution in [3.8, 4) is 0 Å². The zero-order valence-electron chi connectivity index (χ0n) is 14.5.